The van der Waals surface area contributed by atoms with Crippen LogP contribution in [0.25, 0.3) is 11.2 Å². The van der Waals surface area contributed by atoms with Gasteiger partial charge >= 0.3 is 28.9 Å². The fourth-order valence-corrected chi connectivity index (χ4v) is 27.2. The zero-order valence-corrected chi connectivity index (χ0v) is 74.3. The highest BCUT2D eigenvalue weighted by Gasteiger charge is 2.53. The number of nitrogens with one attached hydrogen (secondary N) is 1. The quantitative estimate of drug-likeness (QED) is 0.0299. The van der Waals surface area contributed by atoms with Gasteiger partial charge in [0.1, 0.15) is 41.6 Å². The predicted octanol–water partition coefficient (Wildman–Crippen LogP) is 5.82. The number of H-pyrrole nitrogens is 1. The van der Waals surface area contributed by atoms with Gasteiger partial charge in [-0.25, -0.2) is 48.1 Å². The number of aromatic amines is 1. The topological polar surface area (TPSA) is 498 Å². The molecule has 5 aliphatic heterocycles. The van der Waals surface area contributed by atoms with Crippen molar-refractivity contribution in [1.82, 2.24) is 76.6 Å². The van der Waals surface area contributed by atoms with Crippen molar-refractivity contribution in [3.05, 3.63) is 209 Å². The first-order chi connectivity index (χ1) is 59.0. The molecule has 5 fully saturated rings. The number of rotatable bonds is 27. The van der Waals surface area contributed by atoms with Gasteiger partial charge in [-0.3, -0.25) is 55.7 Å². The molecule has 0 saturated carbocycles. The van der Waals surface area contributed by atoms with Crippen molar-refractivity contribution >= 4 is 89.0 Å². The molecule has 14 rings (SSSR count). The number of benzene rings is 3. The number of carbonyl (C=O) groups is 1. The normalized spacial score (nSPS) is 24.8. The van der Waals surface area contributed by atoms with Crippen LogP contribution in [0.15, 0.2) is 158 Å². The van der Waals surface area contributed by atoms with E-state index in [0.29, 0.717) is 17.2 Å². The van der Waals surface area contributed by atoms with E-state index < -0.39 is 183 Å². The van der Waals surface area contributed by atoms with Gasteiger partial charge in [0.2, 0.25) is 7.37 Å². The second-order valence-corrected chi connectivity index (χ2v) is 47.2. The average Bonchev–Trinajstić information content (AvgIpc) is 1.65. The lowest BCUT2D eigenvalue weighted by Crippen LogP contribution is -2.67. The van der Waals surface area contributed by atoms with Crippen molar-refractivity contribution in [2.75, 3.05) is 135 Å². The van der Waals surface area contributed by atoms with E-state index in [0.717, 1.165) is 39.6 Å². The largest absolute Gasteiger partial charge is 0.416 e. The molecule has 0 aliphatic carbocycles. The molecule has 0 bridgehead atoms. The molecule has 9 N–H and O–H groups in total. The number of anilines is 4. The van der Waals surface area contributed by atoms with E-state index in [2.05, 4.69) is 79.9 Å². The number of halogens is 3. The number of aromatic nitrogens is 12. The maximum absolute atomic E-state index is 15.8. The van der Waals surface area contributed by atoms with Gasteiger partial charge in [-0.2, -0.15) is 28.1 Å². The molecular formula is C77H99F3N20O20P4Si. The summed E-state index contributed by atoms with van der Waals surface area (Å²) in [6, 6.07) is 27.1. The van der Waals surface area contributed by atoms with E-state index in [1.54, 1.807) is 10.9 Å². The van der Waals surface area contributed by atoms with Crippen molar-refractivity contribution in [3.63, 3.8) is 0 Å². The van der Waals surface area contributed by atoms with Crippen molar-refractivity contribution in [1.29, 1.82) is 0 Å². The van der Waals surface area contributed by atoms with Crippen LogP contribution in [0, 0.1) is 13.8 Å². The van der Waals surface area contributed by atoms with Gasteiger partial charge in [-0.1, -0.05) is 81.4 Å². The van der Waals surface area contributed by atoms with Gasteiger partial charge in [-0.15, -0.1) is 0 Å². The molecule has 0 spiro atoms. The summed E-state index contributed by atoms with van der Waals surface area (Å²) in [5.74, 6) is -1.09. The number of imidazole rings is 1. The van der Waals surface area contributed by atoms with Crippen LogP contribution in [-0.4, -0.2) is 239 Å². The van der Waals surface area contributed by atoms with E-state index in [-0.39, 0.29) is 112 Å². The number of nitrogen functional groups attached to an aromatic ring is 4. The van der Waals surface area contributed by atoms with E-state index in [9.17, 15) is 41.9 Å². The molecule has 3 aromatic carbocycles. The van der Waals surface area contributed by atoms with Crippen LogP contribution in [0.1, 0.15) is 91.8 Å². The summed E-state index contributed by atoms with van der Waals surface area (Å²) in [5, 5.41) is 1.65. The number of hydrogen-bond donors (Lipinski definition) is 5. The molecule has 0 radical (unpaired) electrons. The zero-order chi connectivity index (χ0) is 89.6. The van der Waals surface area contributed by atoms with Crippen LogP contribution >= 0.6 is 29.9 Å². The lowest BCUT2D eigenvalue weighted by molar-refractivity contribution is -0.137. The van der Waals surface area contributed by atoms with E-state index >= 15 is 18.3 Å². The highest BCUT2D eigenvalue weighted by atomic mass is 31.2. The monoisotopic (exact) mass is 1830 g/mol. The summed E-state index contributed by atoms with van der Waals surface area (Å²) in [6.45, 7) is 10.2. The smallest absolute Gasteiger partial charge is 0.405 e. The number of alkyl halides is 3. The zero-order valence-electron chi connectivity index (χ0n) is 69.8. The van der Waals surface area contributed by atoms with Gasteiger partial charge in [0.25, 0.3) is 42.3 Å². The highest BCUT2D eigenvalue weighted by molar-refractivity contribution is 7.59. The van der Waals surface area contributed by atoms with E-state index in [1.807, 2.05) is 36.4 Å². The van der Waals surface area contributed by atoms with Crippen LogP contribution in [0.2, 0.25) is 5.04 Å². The molecule has 48 heteroatoms. The first-order valence-corrected chi connectivity index (χ1v) is 50.1. The second kappa shape index (κ2) is 36.8. The van der Waals surface area contributed by atoms with Crippen LogP contribution in [0.5, 0.6) is 0 Å². The molecule has 5 aliphatic rings. The van der Waals surface area contributed by atoms with E-state index in [4.69, 9.17) is 69.1 Å². The van der Waals surface area contributed by atoms with Gasteiger partial charge in [0.15, 0.2) is 36.4 Å². The van der Waals surface area contributed by atoms with Gasteiger partial charge < -0.3 is 74.0 Å². The van der Waals surface area contributed by atoms with Crippen molar-refractivity contribution < 1.29 is 82.4 Å². The lowest BCUT2D eigenvalue weighted by Gasteiger charge is -2.45. The van der Waals surface area contributed by atoms with Crippen molar-refractivity contribution in [2.45, 2.75) is 126 Å². The van der Waals surface area contributed by atoms with Crippen LogP contribution in [0.4, 0.5) is 36.4 Å². The standard InChI is InChI=1S/C77H99F3N20O20P4Si/c1-47-26-49(28-50(27-47)77(78,79)80)71(102)92-32-52(117-63(36-92)99-31-48(2)70(101)91-75(99)106)41-112-122(7,108)94-34-54(119-65(38-94)97-24-21-60(82)89-73(97)104)43-114-124(9,110)95-35-55(120-66(39-95)98-25-22-61(83)90-74(98)105)42-113-123(8,109)93-33-53(118-64(37-93)96-23-20-59(81)88-72(96)103)40-111-121(6,107)56-29-51(116-62(30-56)100-46-87-67-68(84)85-45-86-69(67)100)44-115-125(76(3,4)5,57-16-12-10-13-17-57)58-18-14-11-15-19-58/h10-28,31,45-46,51-56,62-66H,29-30,32-44H2,1-9H3,(H2,81,88,103)(H2,82,89,104)(H2,83,90,105)(H2,84,85,86)(H,91,101,106)/t51-,52?,53-,54-,55-,56?,62+,63+,64+,65+,66+,121-,122-,123-,124-/m0/s1. The minimum atomic E-state index is -4.82. The molecule has 6 aromatic heterocycles. The molecule has 11 heterocycles. The Bertz CT molecular complexity index is 5950. The minimum absolute atomic E-state index is 0.0711. The Hall–Kier alpha value is -9.39. The first kappa shape index (κ1) is 91.8. The van der Waals surface area contributed by atoms with Crippen LogP contribution < -0.4 is 61.6 Å². The maximum atomic E-state index is 15.8. The fourth-order valence-electron chi connectivity index (χ4n) is 16.2. The molecule has 15 atom stereocenters. The number of carbonyl (C=O) groups excluding carboxylic acids is 1. The van der Waals surface area contributed by atoms with Crippen LogP contribution in [0.3, 0.4) is 0 Å². The molecular weight excluding hydrogens is 1730 g/mol. The molecule has 1 amide bonds. The number of ether oxygens (including phenoxy) is 5. The van der Waals surface area contributed by atoms with Gasteiger partial charge in [-0.05, 0) is 77.6 Å². The number of amides is 1. The number of fused-ring (bicyclic) bond motifs is 1. The second-order valence-electron chi connectivity index (χ2n) is 32.8. The molecule has 5 saturated heterocycles. The maximum Gasteiger partial charge on any atom is 0.416 e. The highest BCUT2D eigenvalue weighted by Crippen LogP contribution is 2.58. The third-order valence-corrected chi connectivity index (χ3v) is 36.0. The number of aryl methyl sites for hydroxylation is 2. The molecule has 125 heavy (non-hydrogen) atoms. The van der Waals surface area contributed by atoms with Crippen LogP contribution in [-0.2, 0) is 70.6 Å². The Morgan fingerprint density at radius 1 is 0.528 bits per heavy atom. The summed E-state index contributed by atoms with van der Waals surface area (Å²) >= 11 is 0. The number of nitrogens with two attached hydrogens (primary N) is 4. The third-order valence-electron chi connectivity index (χ3n) is 22.6. The average molecular weight is 1830 g/mol. The molecule has 672 valence electrons. The lowest BCUT2D eigenvalue weighted by atomic mass is 10.0. The Morgan fingerprint density at radius 2 is 0.976 bits per heavy atom. The molecule has 2 unspecified atom stereocenters. The summed E-state index contributed by atoms with van der Waals surface area (Å²) in [4.78, 5) is 109. The fraction of sp³-hybridized carbons (Fsp3) is 0.481. The van der Waals surface area contributed by atoms with Gasteiger partial charge in [0, 0.05) is 101 Å². The predicted molar refractivity (Wildman–Crippen MR) is 455 cm³/mol. The minimum Gasteiger partial charge on any atom is -0.405 e. The molecule has 40 nitrogen and oxygen atoms in total. The third kappa shape index (κ3) is 20.6. The van der Waals surface area contributed by atoms with E-state index in [1.165, 1.54) is 110 Å². The van der Waals surface area contributed by atoms with Crippen molar-refractivity contribution in [3.8, 4) is 0 Å². The SMILES string of the molecule is Cc1cc(C(=O)N2CC(CO[P@](C)(=O)N3C[C@@H](CO[P@](C)(=O)N4C[C@@H](CO[P@](C)(=O)N5C[C@@H](CO[P@](C)(=O)C6C[C@@H](CO[Si](c7ccccc7)(c7ccccc7)C(C)(C)C)O[C@@H](n7cnc8c(N)ncnc87)C6)O[C@@H](n6ccc(N)nc6=O)C5)O[C@@H](n5ccc(N)nc5=O)C4)O[C@@H](n4ccc(N)nc4=O)C3)O[C@@H](n3cc(C)c(=O)[nH]c3=O)C2)cc(C(F)(F)F)c1. The number of morpholine rings is 4. The Morgan fingerprint density at radius 3 is 1.43 bits per heavy atom. The summed E-state index contributed by atoms with van der Waals surface area (Å²) in [7, 11) is -19.6. The van der Waals surface area contributed by atoms with Crippen molar-refractivity contribution in [2.24, 2.45) is 0 Å². The molecule has 9 aromatic rings. The number of hydrogen-bond acceptors (Lipinski definition) is 30. The Balaban J connectivity index is 0.688. The number of nitrogens with zero attached hydrogens (tertiary/aromatic N) is 15. The Kier molecular flexibility index (Phi) is 27.0. The summed E-state index contributed by atoms with van der Waals surface area (Å²) in [6.07, 6.45) is -7.97. The van der Waals surface area contributed by atoms with Gasteiger partial charge in [0.05, 0.1) is 95.5 Å². The Labute approximate surface area is 714 Å². The summed E-state index contributed by atoms with van der Waals surface area (Å²) < 4.78 is 181. The summed E-state index contributed by atoms with van der Waals surface area (Å²) in [5.41, 5.74) is 18.7. The first-order valence-electron chi connectivity index (χ1n) is 39.9.